The van der Waals surface area contributed by atoms with Gasteiger partial charge in [0.1, 0.15) is 12.4 Å². The van der Waals surface area contributed by atoms with Crippen LogP contribution in [0, 0.1) is 0 Å². The quantitative estimate of drug-likeness (QED) is 0.874. The number of halogens is 3. The molecular formula is C14H19F3N2O. The molecule has 2 N–H and O–H groups in total. The van der Waals surface area contributed by atoms with E-state index in [1.807, 2.05) is 7.05 Å². The lowest BCUT2D eigenvalue weighted by molar-refractivity contribution is -0.138. The molecule has 0 atom stereocenters. The first-order valence-corrected chi connectivity index (χ1v) is 6.65. The van der Waals surface area contributed by atoms with E-state index in [2.05, 4.69) is 4.90 Å². The lowest BCUT2D eigenvalue weighted by Gasteiger charge is -2.17. The summed E-state index contributed by atoms with van der Waals surface area (Å²) in [5.74, 6) is 0.235. The summed E-state index contributed by atoms with van der Waals surface area (Å²) in [6.45, 7) is 0.955. The van der Waals surface area contributed by atoms with Crippen molar-refractivity contribution in [2.75, 3.05) is 20.2 Å². The zero-order chi connectivity index (χ0) is 14.8. The topological polar surface area (TPSA) is 38.5 Å². The van der Waals surface area contributed by atoms with Gasteiger partial charge in [0, 0.05) is 19.1 Å². The Morgan fingerprint density at radius 2 is 2.05 bits per heavy atom. The normalized spacial score (nSPS) is 15.7. The van der Waals surface area contributed by atoms with E-state index in [9.17, 15) is 13.2 Å². The average Bonchev–Trinajstić information content (AvgIpc) is 3.21. The minimum absolute atomic E-state index is 0.0833. The van der Waals surface area contributed by atoms with Gasteiger partial charge in [0.15, 0.2) is 0 Å². The Bertz CT molecular complexity index is 458. The molecule has 0 amide bonds. The zero-order valence-electron chi connectivity index (χ0n) is 11.4. The molecule has 6 heteroatoms. The van der Waals surface area contributed by atoms with Crippen LogP contribution in [0.15, 0.2) is 18.2 Å². The van der Waals surface area contributed by atoms with E-state index < -0.39 is 11.7 Å². The van der Waals surface area contributed by atoms with E-state index in [0.29, 0.717) is 19.2 Å². The molecule has 0 heterocycles. The van der Waals surface area contributed by atoms with Gasteiger partial charge in [-0.1, -0.05) is 6.07 Å². The molecule has 1 aromatic rings. The molecule has 0 spiro atoms. The fourth-order valence-corrected chi connectivity index (χ4v) is 2.09. The second-order valence-corrected chi connectivity index (χ2v) is 5.08. The maximum Gasteiger partial charge on any atom is 0.416 e. The summed E-state index contributed by atoms with van der Waals surface area (Å²) in [5.41, 5.74) is 4.70. The van der Waals surface area contributed by atoms with Crippen LogP contribution in [0.1, 0.15) is 24.0 Å². The summed E-state index contributed by atoms with van der Waals surface area (Å²) in [5, 5.41) is 0. The second-order valence-electron chi connectivity index (χ2n) is 5.08. The molecule has 0 aromatic heterocycles. The SMILES string of the molecule is CN(CCOc1ccc(CN)c(C(F)(F)F)c1)C1CC1. The minimum Gasteiger partial charge on any atom is -0.492 e. The lowest BCUT2D eigenvalue weighted by Crippen LogP contribution is -2.26. The highest BCUT2D eigenvalue weighted by Crippen LogP contribution is 2.34. The summed E-state index contributed by atoms with van der Waals surface area (Å²) in [6, 6.07) is 4.56. The average molecular weight is 288 g/mol. The molecular weight excluding hydrogens is 269 g/mol. The molecule has 1 saturated carbocycles. The number of nitrogens with zero attached hydrogens (tertiary/aromatic N) is 1. The van der Waals surface area contributed by atoms with Gasteiger partial charge in [-0.25, -0.2) is 0 Å². The monoisotopic (exact) mass is 288 g/mol. The Morgan fingerprint density at radius 1 is 1.35 bits per heavy atom. The van der Waals surface area contributed by atoms with Gasteiger partial charge in [0.25, 0.3) is 0 Å². The number of alkyl halides is 3. The molecule has 1 aromatic carbocycles. The predicted molar refractivity (Wildman–Crippen MR) is 70.5 cm³/mol. The van der Waals surface area contributed by atoms with E-state index in [1.165, 1.54) is 25.0 Å². The maximum atomic E-state index is 12.9. The summed E-state index contributed by atoms with van der Waals surface area (Å²) in [4.78, 5) is 2.17. The van der Waals surface area contributed by atoms with Crippen molar-refractivity contribution in [2.45, 2.75) is 31.6 Å². The van der Waals surface area contributed by atoms with Crippen molar-refractivity contribution in [3.8, 4) is 5.75 Å². The highest BCUT2D eigenvalue weighted by molar-refractivity contribution is 5.37. The first kappa shape index (κ1) is 15.1. The molecule has 0 unspecified atom stereocenters. The molecule has 0 aliphatic heterocycles. The van der Waals surface area contributed by atoms with Gasteiger partial charge in [0.05, 0.1) is 5.56 Å². The van der Waals surface area contributed by atoms with Crippen molar-refractivity contribution in [3.63, 3.8) is 0 Å². The van der Waals surface area contributed by atoms with E-state index in [-0.39, 0.29) is 17.9 Å². The minimum atomic E-state index is -4.40. The van der Waals surface area contributed by atoms with Crippen molar-refractivity contribution < 1.29 is 17.9 Å². The fourth-order valence-electron chi connectivity index (χ4n) is 2.09. The van der Waals surface area contributed by atoms with Crippen LogP contribution in [0.25, 0.3) is 0 Å². The largest absolute Gasteiger partial charge is 0.492 e. The van der Waals surface area contributed by atoms with E-state index >= 15 is 0 Å². The Hall–Kier alpha value is -1.27. The first-order valence-electron chi connectivity index (χ1n) is 6.65. The van der Waals surface area contributed by atoms with Crippen LogP contribution in [-0.4, -0.2) is 31.1 Å². The number of benzene rings is 1. The third kappa shape index (κ3) is 3.86. The Labute approximate surface area is 116 Å². The van der Waals surface area contributed by atoms with Gasteiger partial charge in [-0.2, -0.15) is 13.2 Å². The lowest BCUT2D eigenvalue weighted by atomic mass is 10.1. The van der Waals surface area contributed by atoms with Crippen molar-refractivity contribution in [1.29, 1.82) is 0 Å². The van der Waals surface area contributed by atoms with Crippen LogP contribution >= 0.6 is 0 Å². The summed E-state index contributed by atoms with van der Waals surface area (Å²) < 4.78 is 44.0. The van der Waals surface area contributed by atoms with Crippen molar-refractivity contribution in [2.24, 2.45) is 5.73 Å². The number of hydrogen-bond donors (Lipinski definition) is 1. The Kier molecular flexibility index (Phi) is 4.55. The summed E-state index contributed by atoms with van der Waals surface area (Å²) >= 11 is 0. The van der Waals surface area contributed by atoms with Gasteiger partial charge < -0.3 is 15.4 Å². The third-order valence-corrected chi connectivity index (χ3v) is 3.49. The molecule has 2 rings (SSSR count). The molecule has 1 aliphatic rings. The molecule has 0 saturated heterocycles. The first-order chi connectivity index (χ1) is 9.41. The third-order valence-electron chi connectivity index (χ3n) is 3.49. The molecule has 0 bridgehead atoms. The van der Waals surface area contributed by atoms with Crippen LogP contribution in [0.2, 0.25) is 0 Å². The predicted octanol–water partition coefficient (Wildman–Crippen LogP) is 2.64. The van der Waals surface area contributed by atoms with Crippen LogP contribution in [0.4, 0.5) is 13.2 Å². The number of nitrogens with two attached hydrogens (primary N) is 1. The number of hydrogen-bond acceptors (Lipinski definition) is 3. The van der Waals surface area contributed by atoms with Crippen LogP contribution < -0.4 is 10.5 Å². The smallest absolute Gasteiger partial charge is 0.416 e. The molecule has 1 fully saturated rings. The molecule has 1 aliphatic carbocycles. The summed E-state index contributed by atoms with van der Waals surface area (Å²) in [6.07, 6.45) is -2.02. The Balaban J connectivity index is 1.97. The fraction of sp³-hybridized carbons (Fsp3) is 0.571. The molecule has 3 nitrogen and oxygen atoms in total. The van der Waals surface area contributed by atoms with Crippen molar-refractivity contribution in [3.05, 3.63) is 29.3 Å². The summed E-state index contributed by atoms with van der Waals surface area (Å²) in [7, 11) is 2.00. The van der Waals surface area contributed by atoms with Gasteiger partial charge in [-0.05, 0) is 37.6 Å². The molecule has 0 radical (unpaired) electrons. The van der Waals surface area contributed by atoms with Gasteiger partial charge in [-0.3, -0.25) is 0 Å². The van der Waals surface area contributed by atoms with Crippen molar-refractivity contribution >= 4 is 0 Å². The number of likely N-dealkylation sites (N-methyl/N-ethyl adjacent to an activating group) is 1. The zero-order valence-corrected chi connectivity index (χ0v) is 11.4. The van der Waals surface area contributed by atoms with Crippen LogP contribution in [-0.2, 0) is 12.7 Å². The number of ether oxygens (including phenoxy) is 1. The highest BCUT2D eigenvalue weighted by atomic mass is 19.4. The van der Waals surface area contributed by atoms with Gasteiger partial charge in [0.2, 0.25) is 0 Å². The second kappa shape index (κ2) is 6.01. The van der Waals surface area contributed by atoms with Gasteiger partial charge >= 0.3 is 6.18 Å². The molecule has 20 heavy (non-hydrogen) atoms. The van der Waals surface area contributed by atoms with Crippen LogP contribution in [0.3, 0.4) is 0 Å². The van der Waals surface area contributed by atoms with E-state index in [1.54, 1.807) is 0 Å². The standard InChI is InChI=1S/C14H19F3N2O/c1-19(11-3-4-11)6-7-20-12-5-2-10(9-18)13(8-12)14(15,16)17/h2,5,8,11H,3-4,6-7,9,18H2,1H3. The highest BCUT2D eigenvalue weighted by Gasteiger charge is 2.33. The number of rotatable bonds is 6. The maximum absolute atomic E-state index is 12.9. The van der Waals surface area contributed by atoms with Crippen molar-refractivity contribution in [1.82, 2.24) is 4.90 Å². The van der Waals surface area contributed by atoms with Crippen LogP contribution in [0.5, 0.6) is 5.75 Å². The Morgan fingerprint density at radius 3 is 2.60 bits per heavy atom. The van der Waals surface area contributed by atoms with E-state index in [4.69, 9.17) is 10.5 Å². The molecule has 112 valence electrons. The van der Waals surface area contributed by atoms with E-state index in [0.717, 1.165) is 6.07 Å². The van der Waals surface area contributed by atoms with Gasteiger partial charge in [-0.15, -0.1) is 0 Å².